The molecule has 0 saturated carbocycles. The first-order valence-corrected chi connectivity index (χ1v) is 6.08. The first-order valence-electron chi connectivity index (χ1n) is 5.29. The Bertz CT molecular complexity index is 553. The Morgan fingerprint density at radius 2 is 1.60 bits per heavy atom. The van der Waals surface area contributed by atoms with Gasteiger partial charge in [0.15, 0.2) is 0 Å². The number of amides is 2. The molecule has 106 valence electrons. The highest BCUT2D eigenvalue weighted by atomic mass is 79.9. The Labute approximate surface area is 122 Å². The van der Waals surface area contributed by atoms with E-state index in [9.17, 15) is 14.4 Å². The highest BCUT2D eigenvalue weighted by Gasteiger charge is 2.12. The van der Waals surface area contributed by atoms with Crippen molar-refractivity contribution in [2.45, 2.75) is 0 Å². The number of carboxylic acids is 2. The predicted octanol–water partition coefficient (Wildman–Crippen LogP) is 2.11. The molecular weight excluding hydrogens is 332 g/mol. The largest absolute Gasteiger partial charge is 0.478 e. The monoisotopic (exact) mass is 342 g/mol. The zero-order valence-corrected chi connectivity index (χ0v) is 11.7. The number of anilines is 1. The quantitative estimate of drug-likeness (QED) is 0.654. The first-order chi connectivity index (χ1) is 9.29. The van der Waals surface area contributed by atoms with Gasteiger partial charge in [0.25, 0.3) is 0 Å². The maximum atomic E-state index is 11.5. The predicted molar refractivity (Wildman–Crippen MR) is 75.4 cm³/mol. The summed E-state index contributed by atoms with van der Waals surface area (Å²) < 4.78 is 0.554. The number of carbonyl (C=O) groups excluding carboxylic acids is 1. The van der Waals surface area contributed by atoms with Gasteiger partial charge >= 0.3 is 18.0 Å². The van der Waals surface area contributed by atoms with Gasteiger partial charge in [-0.15, -0.1) is 0 Å². The number of halogens is 1. The summed E-state index contributed by atoms with van der Waals surface area (Å²) in [6.07, 6.45) is 0. The SMILES string of the molecule is C=C(Br)CNC(=O)Nc1cc(C(=O)O)cc(C(=O)O)c1. The summed E-state index contributed by atoms with van der Waals surface area (Å²) in [7, 11) is 0. The molecule has 0 saturated heterocycles. The van der Waals surface area contributed by atoms with Gasteiger partial charge in [-0.1, -0.05) is 22.5 Å². The van der Waals surface area contributed by atoms with Crippen LogP contribution in [0.3, 0.4) is 0 Å². The number of carboxylic acid groups (broad SMARTS) is 2. The second-order valence-corrected chi connectivity index (χ2v) is 4.86. The molecule has 0 heterocycles. The topological polar surface area (TPSA) is 116 Å². The van der Waals surface area contributed by atoms with Gasteiger partial charge in [-0.3, -0.25) is 0 Å². The van der Waals surface area contributed by atoms with Crippen LogP contribution in [0, 0.1) is 0 Å². The second-order valence-electron chi connectivity index (χ2n) is 3.73. The number of carbonyl (C=O) groups is 3. The molecule has 0 aliphatic heterocycles. The smallest absolute Gasteiger partial charge is 0.335 e. The Hall–Kier alpha value is -2.35. The van der Waals surface area contributed by atoms with E-state index >= 15 is 0 Å². The molecule has 1 rings (SSSR count). The second kappa shape index (κ2) is 6.71. The van der Waals surface area contributed by atoms with Gasteiger partial charge in [0.05, 0.1) is 17.7 Å². The maximum Gasteiger partial charge on any atom is 0.335 e. The Morgan fingerprint density at radius 3 is 2.00 bits per heavy atom. The summed E-state index contributed by atoms with van der Waals surface area (Å²) in [5.74, 6) is -2.57. The average molecular weight is 343 g/mol. The normalized spacial score (nSPS) is 9.65. The molecular formula is C12H11BrN2O5. The van der Waals surface area contributed by atoms with E-state index in [4.69, 9.17) is 10.2 Å². The minimum absolute atomic E-state index is 0.0694. The minimum Gasteiger partial charge on any atom is -0.478 e. The molecule has 0 aliphatic rings. The highest BCUT2D eigenvalue weighted by Crippen LogP contribution is 2.15. The molecule has 0 unspecified atom stereocenters. The van der Waals surface area contributed by atoms with Gasteiger partial charge in [0, 0.05) is 10.2 Å². The summed E-state index contributed by atoms with van der Waals surface area (Å²) in [5, 5.41) is 22.6. The lowest BCUT2D eigenvalue weighted by Gasteiger charge is -2.09. The van der Waals surface area contributed by atoms with Crippen LogP contribution in [0.15, 0.2) is 29.3 Å². The van der Waals surface area contributed by atoms with Gasteiger partial charge < -0.3 is 20.8 Å². The first kappa shape index (κ1) is 15.7. The van der Waals surface area contributed by atoms with Crippen molar-refractivity contribution in [1.82, 2.24) is 5.32 Å². The zero-order valence-electron chi connectivity index (χ0n) is 10.1. The minimum atomic E-state index is -1.29. The van der Waals surface area contributed by atoms with Crippen molar-refractivity contribution < 1.29 is 24.6 Å². The molecule has 0 radical (unpaired) electrons. The highest BCUT2D eigenvalue weighted by molar-refractivity contribution is 9.11. The summed E-state index contributed by atoms with van der Waals surface area (Å²) >= 11 is 3.06. The van der Waals surface area contributed by atoms with Gasteiger partial charge in [-0.25, -0.2) is 14.4 Å². The van der Waals surface area contributed by atoms with Crippen molar-refractivity contribution in [2.24, 2.45) is 0 Å². The van der Waals surface area contributed by atoms with E-state index in [2.05, 4.69) is 33.1 Å². The van der Waals surface area contributed by atoms with Gasteiger partial charge in [-0.05, 0) is 18.2 Å². The number of hydrogen-bond donors (Lipinski definition) is 4. The molecule has 0 atom stereocenters. The fourth-order valence-electron chi connectivity index (χ4n) is 1.30. The van der Waals surface area contributed by atoms with Gasteiger partial charge in [-0.2, -0.15) is 0 Å². The van der Waals surface area contributed by atoms with Crippen LogP contribution in [0.4, 0.5) is 10.5 Å². The molecule has 20 heavy (non-hydrogen) atoms. The molecule has 4 N–H and O–H groups in total. The Balaban J connectivity index is 2.94. The maximum absolute atomic E-state index is 11.5. The van der Waals surface area contributed by atoms with Gasteiger partial charge in [0.1, 0.15) is 0 Å². The van der Waals surface area contributed by atoms with E-state index in [0.717, 1.165) is 18.2 Å². The molecule has 0 aromatic heterocycles. The molecule has 2 amide bonds. The van der Waals surface area contributed by atoms with Crippen LogP contribution in [-0.4, -0.2) is 34.7 Å². The standard InChI is InChI=1S/C12H11BrN2O5/c1-6(13)5-14-12(20)15-9-3-7(10(16)17)2-8(4-9)11(18)19/h2-4H,1,5H2,(H,16,17)(H,18,19)(H2,14,15,20). The molecule has 0 spiro atoms. The fraction of sp³-hybridized carbons (Fsp3) is 0.0833. The molecule has 1 aromatic rings. The summed E-state index contributed by atoms with van der Waals surface area (Å²) in [4.78, 5) is 33.3. The zero-order chi connectivity index (χ0) is 15.3. The third kappa shape index (κ3) is 4.73. The van der Waals surface area contributed by atoms with E-state index in [-0.39, 0.29) is 23.4 Å². The van der Waals surface area contributed by atoms with Gasteiger partial charge in [0.2, 0.25) is 0 Å². The number of aromatic carboxylic acids is 2. The van der Waals surface area contributed by atoms with Crippen molar-refractivity contribution in [1.29, 1.82) is 0 Å². The number of nitrogens with one attached hydrogen (secondary N) is 2. The van der Waals surface area contributed by atoms with Crippen molar-refractivity contribution in [2.75, 3.05) is 11.9 Å². The van der Waals surface area contributed by atoms with E-state index in [1.807, 2.05) is 0 Å². The Kier molecular flexibility index (Phi) is 5.27. The van der Waals surface area contributed by atoms with Crippen LogP contribution in [0.2, 0.25) is 0 Å². The summed E-state index contributed by atoms with van der Waals surface area (Å²) in [5.41, 5.74) is -0.393. The van der Waals surface area contributed by atoms with Crippen LogP contribution in [0.25, 0.3) is 0 Å². The average Bonchev–Trinajstić information content (AvgIpc) is 2.35. The third-order valence-corrected chi connectivity index (χ3v) is 2.41. The lowest BCUT2D eigenvalue weighted by molar-refractivity contribution is 0.0696. The van der Waals surface area contributed by atoms with Crippen LogP contribution in [-0.2, 0) is 0 Å². The third-order valence-electron chi connectivity index (χ3n) is 2.13. The lowest BCUT2D eigenvalue weighted by atomic mass is 10.1. The van der Waals surface area contributed by atoms with E-state index in [1.54, 1.807) is 0 Å². The lowest BCUT2D eigenvalue weighted by Crippen LogP contribution is -2.29. The number of urea groups is 1. The van der Waals surface area contributed by atoms with Crippen molar-refractivity contribution in [3.8, 4) is 0 Å². The summed E-state index contributed by atoms with van der Waals surface area (Å²) in [6, 6.07) is 2.73. The molecule has 0 bridgehead atoms. The molecule has 1 aromatic carbocycles. The van der Waals surface area contributed by atoms with E-state index in [1.165, 1.54) is 0 Å². The number of benzene rings is 1. The van der Waals surface area contributed by atoms with Crippen molar-refractivity contribution in [3.05, 3.63) is 40.4 Å². The van der Waals surface area contributed by atoms with Crippen molar-refractivity contribution in [3.63, 3.8) is 0 Å². The van der Waals surface area contributed by atoms with Crippen LogP contribution in [0.1, 0.15) is 20.7 Å². The molecule has 0 aliphatic carbocycles. The number of rotatable bonds is 5. The molecule has 0 fully saturated rings. The van der Waals surface area contributed by atoms with Crippen LogP contribution in [0.5, 0.6) is 0 Å². The van der Waals surface area contributed by atoms with Crippen molar-refractivity contribution >= 4 is 39.6 Å². The Morgan fingerprint density at radius 1 is 1.10 bits per heavy atom. The fourth-order valence-corrected chi connectivity index (χ4v) is 1.44. The molecule has 7 nitrogen and oxygen atoms in total. The number of hydrogen-bond acceptors (Lipinski definition) is 3. The van der Waals surface area contributed by atoms with E-state index < -0.39 is 18.0 Å². The summed E-state index contributed by atoms with van der Waals surface area (Å²) in [6.45, 7) is 3.70. The van der Waals surface area contributed by atoms with Crippen LogP contribution >= 0.6 is 15.9 Å². The van der Waals surface area contributed by atoms with Crippen LogP contribution < -0.4 is 10.6 Å². The molecule has 8 heteroatoms. The van der Waals surface area contributed by atoms with E-state index in [0.29, 0.717) is 4.48 Å².